The molecule has 1 aromatic heterocycles. The normalized spacial score (nSPS) is 23.6. The highest BCUT2D eigenvalue weighted by atomic mass is 16.6. The zero-order chi connectivity index (χ0) is 28.7. The first-order valence-corrected chi connectivity index (χ1v) is 14.2. The number of epoxide rings is 1. The molecule has 0 spiro atoms. The SMILES string of the molecule is CC(NC(=O)CN1CCOCC1)C(=O)NC(Cc1cc[n+]([O-])cc1)C(=O)NC(CC1CCCC1)C(=O)C1(C)CO1. The van der Waals surface area contributed by atoms with Gasteiger partial charge in [-0.05, 0) is 31.7 Å². The van der Waals surface area contributed by atoms with E-state index in [1.807, 2.05) is 4.90 Å². The zero-order valence-electron chi connectivity index (χ0n) is 23.4. The van der Waals surface area contributed by atoms with Gasteiger partial charge in [-0.1, -0.05) is 25.7 Å². The number of aromatic nitrogens is 1. The lowest BCUT2D eigenvalue weighted by Crippen LogP contribution is -2.57. The Morgan fingerprint density at radius 3 is 2.30 bits per heavy atom. The molecule has 2 aliphatic heterocycles. The molecule has 0 radical (unpaired) electrons. The number of carbonyl (C=O) groups excluding carboxylic acids is 4. The van der Waals surface area contributed by atoms with Gasteiger partial charge in [0.25, 0.3) is 0 Å². The molecular formula is C28H41N5O7. The van der Waals surface area contributed by atoms with E-state index < -0.39 is 35.5 Å². The Bertz CT molecular complexity index is 1050. The van der Waals surface area contributed by atoms with Gasteiger partial charge in [0.05, 0.1) is 32.4 Å². The first kappa shape index (κ1) is 29.9. The summed E-state index contributed by atoms with van der Waals surface area (Å²) in [5.41, 5.74) is -0.233. The number of carbonyl (C=O) groups is 4. The molecule has 3 amide bonds. The molecule has 12 heteroatoms. The lowest BCUT2D eigenvalue weighted by molar-refractivity contribution is -0.605. The summed E-state index contributed by atoms with van der Waals surface area (Å²) in [6, 6.07) is 0.506. The van der Waals surface area contributed by atoms with Crippen LogP contribution in [-0.2, 0) is 35.1 Å². The van der Waals surface area contributed by atoms with E-state index >= 15 is 0 Å². The van der Waals surface area contributed by atoms with E-state index in [1.165, 1.54) is 12.4 Å². The standard InChI is InChI=1S/C28H41N5O7/c1-19(29-24(34)17-32-11-13-39-14-12-32)26(36)31-23(16-21-7-9-33(38)10-8-21)27(37)30-22(15-20-5-3-4-6-20)25(35)28(2)18-40-28/h7-10,19-20,22-23H,3-6,11-18H2,1-2H3,(H,29,34)(H,30,37)(H,31,36). The maximum absolute atomic E-state index is 13.6. The van der Waals surface area contributed by atoms with Gasteiger partial charge >= 0.3 is 0 Å². The number of hydrogen-bond acceptors (Lipinski definition) is 8. The van der Waals surface area contributed by atoms with Crippen molar-refractivity contribution < 1.29 is 33.4 Å². The van der Waals surface area contributed by atoms with Gasteiger partial charge in [0, 0.05) is 31.6 Å². The molecule has 4 unspecified atom stereocenters. The lowest BCUT2D eigenvalue weighted by atomic mass is 9.90. The summed E-state index contributed by atoms with van der Waals surface area (Å²) in [5.74, 6) is -1.14. The summed E-state index contributed by atoms with van der Waals surface area (Å²) in [6.45, 7) is 6.15. The van der Waals surface area contributed by atoms with Crippen molar-refractivity contribution in [2.24, 2.45) is 5.92 Å². The molecule has 2 saturated heterocycles. The second-order valence-corrected chi connectivity index (χ2v) is 11.3. The molecule has 4 rings (SSSR count). The molecule has 220 valence electrons. The van der Waals surface area contributed by atoms with Crippen LogP contribution in [0, 0.1) is 11.1 Å². The average molecular weight is 560 g/mol. The fourth-order valence-corrected chi connectivity index (χ4v) is 5.34. The van der Waals surface area contributed by atoms with Crippen LogP contribution in [0.5, 0.6) is 0 Å². The predicted molar refractivity (Wildman–Crippen MR) is 144 cm³/mol. The number of nitrogens with zero attached hydrogens (tertiary/aromatic N) is 2. The van der Waals surface area contributed by atoms with Gasteiger partial charge in [-0.3, -0.25) is 24.1 Å². The number of ether oxygens (including phenoxy) is 2. The van der Waals surface area contributed by atoms with Gasteiger partial charge in [-0.2, -0.15) is 4.73 Å². The monoisotopic (exact) mass is 559 g/mol. The van der Waals surface area contributed by atoms with Crippen molar-refractivity contribution in [1.29, 1.82) is 0 Å². The molecule has 0 aromatic carbocycles. The van der Waals surface area contributed by atoms with Crippen molar-refractivity contribution in [2.45, 2.75) is 76.1 Å². The zero-order valence-corrected chi connectivity index (χ0v) is 23.4. The van der Waals surface area contributed by atoms with Crippen LogP contribution < -0.4 is 20.7 Å². The minimum Gasteiger partial charge on any atom is -0.619 e. The van der Waals surface area contributed by atoms with Gasteiger partial charge in [0.1, 0.15) is 17.7 Å². The maximum Gasteiger partial charge on any atom is 0.243 e. The van der Waals surface area contributed by atoms with Crippen LogP contribution in [0.15, 0.2) is 24.5 Å². The molecule has 1 aromatic rings. The molecule has 1 saturated carbocycles. The number of ketones is 1. The van der Waals surface area contributed by atoms with Crippen LogP contribution in [0.1, 0.15) is 51.5 Å². The van der Waals surface area contributed by atoms with Gasteiger partial charge < -0.3 is 30.6 Å². The van der Waals surface area contributed by atoms with Crippen LogP contribution >= 0.6 is 0 Å². The van der Waals surface area contributed by atoms with E-state index in [0.717, 1.165) is 25.7 Å². The molecule has 3 heterocycles. The van der Waals surface area contributed by atoms with E-state index in [9.17, 15) is 24.4 Å². The third-order valence-electron chi connectivity index (χ3n) is 7.96. The number of amides is 3. The highest BCUT2D eigenvalue weighted by Crippen LogP contribution is 2.33. The Balaban J connectivity index is 1.42. The minimum absolute atomic E-state index is 0.102. The molecule has 3 fully saturated rings. The van der Waals surface area contributed by atoms with E-state index in [2.05, 4.69) is 16.0 Å². The number of Topliss-reactive ketones (excluding diaryl/α,β-unsaturated/α-hetero) is 1. The molecule has 4 atom stereocenters. The first-order valence-electron chi connectivity index (χ1n) is 14.2. The van der Waals surface area contributed by atoms with Crippen LogP contribution in [0.4, 0.5) is 0 Å². The van der Waals surface area contributed by atoms with Crippen molar-refractivity contribution in [3.8, 4) is 0 Å². The van der Waals surface area contributed by atoms with E-state index in [-0.39, 0.29) is 24.7 Å². The smallest absolute Gasteiger partial charge is 0.243 e. The van der Waals surface area contributed by atoms with Crippen LogP contribution in [0.25, 0.3) is 0 Å². The molecule has 0 bridgehead atoms. The molecule has 3 N–H and O–H groups in total. The van der Waals surface area contributed by atoms with Crippen molar-refractivity contribution in [3.05, 3.63) is 35.3 Å². The molecule has 12 nitrogen and oxygen atoms in total. The van der Waals surface area contributed by atoms with Gasteiger partial charge in [-0.25, -0.2) is 0 Å². The Labute approximate surface area is 234 Å². The summed E-state index contributed by atoms with van der Waals surface area (Å²) < 4.78 is 11.3. The summed E-state index contributed by atoms with van der Waals surface area (Å²) in [7, 11) is 0. The second kappa shape index (κ2) is 13.5. The molecule has 3 aliphatic rings. The van der Waals surface area contributed by atoms with Gasteiger partial charge in [0.2, 0.25) is 17.7 Å². The Morgan fingerprint density at radius 1 is 1.05 bits per heavy atom. The van der Waals surface area contributed by atoms with E-state index in [4.69, 9.17) is 9.47 Å². The fraction of sp³-hybridized carbons (Fsp3) is 0.679. The third-order valence-corrected chi connectivity index (χ3v) is 7.96. The largest absolute Gasteiger partial charge is 0.619 e. The second-order valence-electron chi connectivity index (χ2n) is 11.3. The molecule has 40 heavy (non-hydrogen) atoms. The van der Waals surface area contributed by atoms with Crippen LogP contribution in [0.3, 0.4) is 0 Å². The fourth-order valence-electron chi connectivity index (χ4n) is 5.34. The summed E-state index contributed by atoms with van der Waals surface area (Å²) >= 11 is 0. The number of hydrogen-bond donors (Lipinski definition) is 3. The highest BCUT2D eigenvalue weighted by Gasteiger charge is 2.50. The van der Waals surface area contributed by atoms with Gasteiger partial charge in [-0.15, -0.1) is 0 Å². The quantitative estimate of drug-likeness (QED) is 0.168. The van der Waals surface area contributed by atoms with E-state index in [0.29, 0.717) is 55.5 Å². The molecular weight excluding hydrogens is 518 g/mol. The third kappa shape index (κ3) is 8.45. The van der Waals surface area contributed by atoms with Crippen LogP contribution in [-0.4, -0.2) is 91.6 Å². The number of morpholine rings is 1. The van der Waals surface area contributed by atoms with Crippen molar-refractivity contribution in [3.63, 3.8) is 0 Å². The van der Waals surface area contributed by atoms with E-state index in [1.54, 1.807) is 26.0 Å². The summed E-state index contributed by atoms with van der Waals surface area (Å²) in [6.07, 6.45) is 7.50. The van der Waals surface area contributed by atoms with Crippen molar-refractivity contribution >= 4 is 23.5 Å². The first-order chi connectivity index (χ1) is 19.1. The van der Waals surface area contributed by atoms with Crippen LogP contribution in [0.2, 0.25) is 0 Å². The minimum atomic E-state index is -1.03. The number of rotatable bonds is 13. The Kier molecular flexibility index (Phi) is 10.1. The van der Waals surface area contributed by atoms with Gasteiger partial charge in [0.15, 0.2) is 18.2 Å². The number of pyridine rings is 1. The predicted octanol–water partition coefficient (Wildman–Crippen LogP) is -0.393. The summed E-state index contributed by atoms with van der Waals surface area (Å²) in [4.78, 5) is 54.4. The highest BCUT2D eigenvalue weighted by molar-refractivity contribution is 5.98. The molecule has 1 aliphatic carbocycles. The number of nitrogens with one attached hydrogen (secondary N) is 3. The van der Waals surface area contributed by atoms with Crippen molar-refractivity contribution in [2.75, 3.05) is 39.5 Å². The Hall–Kier alpha value is -3.09. The van der Waals surface area contributed by atoms with Crippen molar-refractivity contribution in [1.82, 2.24) is 20.9 Å². The average Bonchev–Trinajstić information content (AvgIpc) is 3.47. The maximum atomic E-state index is 13.6. The summed E-state index contributed by atoms with van der Waals surface area (Å²) in [5, 5.41) is 19.9. The topological polar surface area (TPSA) is 156 Å². The Morgan fingerprint density at radius 2 is 1.68 bits per heavy atom. The lowest BCUT2D eigenvalue weighted by Gasteiger charge is -2.27.